The molecule has 5 nitrogen and oxygen atoms in total. The van der Waals surface area contributed by atoms with Crippen LogP contribution in [0.25, 0.3) is 0 Å². The first-order valence-electron chi connectivity index (χ1n) is 18.3. The van der Waals surface area contributed by atoms with Gasteiger partial charge in [0.2, 0.25) is 0 Å². The Balaban J connectivity index is 1.10. The monoisotopic (exact) mass is 626 g/mol. The summed E-state index contributed by atoms with van der Waals surface area (Å²) in [6.45, 7) is 10.6. The molecule has 1 heterocycles. The van der Waals surface area contributed by atoms with Gasteiger partial charge in [-0.1, -0.05) is 64.1 Å². The first-order chi connectivity index (χ1) is 22.2. The quantitative estimate of drug-likeness (QED) is 0.299. The number of ether oxygens (including phenoxy) is 3. The van der Waals surface area contributed by atoms with Crippen LogP contribution in [0.15, 0.2) is 60.7 Å². The Bertz CT molecular complexity index is 1370. The van der Waals surface area contributed by atoms with Crippen LogP contribution in [0.3, 0.4) is 0 Å². The van der Waals surface area contributed by atoms with Crippen molar-refractivity contribution in [2.24, 2.45) is 52.3 Å². The summed E-state index contributed by atoms with van der Waals surface area (Å²) in [5, 5.41) is 0. The molecule has 0 aromatic heterocycles. The van der Waals surface area contributed by atoms with E-state index in [1.54, 1.807) is 0 Å². The maximum absolute atomic E-state index is 13.5. The molecule has 4 saturated carbocycles. The second kappa shape index (κ2) is 12.7. The lowest BCUT2D eigenvalue weighted by molar-refractivity contribution is -0.139. The maximum atomic E-state index is 13.5. The molecule has 0 N–H and O–H groups in total. The van der Waals surface area contributed by atoms with E-state index in [1.807, 2.05) is 60.7 Å². The predicted molar refractivity (Wildman–Crippen MR) is 179 cm³/mol. The Morgan fingerprint density at radius 3 is 2.07 bits per heavy atom. The maximum Gasteiger partial charge on any atom is 0.338 e. The van der Waals surface area contributed by atoms with Gasteiger partial charge in [-0.2, -0.15) is 0 Å². The summed E-state index contributed by atoms with van der Waals surface area (Å²) in [4.78, 5) is 26.4. The van der Waals surface area contributed by atoms with Crippen LogP contribution in [-0.2, 0) is 14.2 Å². The van der Waals surface area contributed by atoms with Crippen molar-refractivity contribution in [2.75, 3.05) is 6.61 Å². The minimum absolute atomic E-state index is 0.00730. The standard InChI is InChI=1S/C41H54O5/c1-26-15-18-35(44-25-26)27(2)37-36(46-39(43)29-13-9-6-10-14-29)24-34-32-17-16-30-23-31(45-38(42)28-11-7-5-8-12-28)19-21-40(30,3)33(32)20-22-41(34,37)4/h5-14,26-27,30-37H,15-25H2,1-4H3/t26?,27-,30?,31?,32-,33+,34+,35?,36?,37+,40+,41+/m1/s1. The first kappa shape index (κ1) is 31.9. The van der Waals surface area contributed by atoms with Gasteiger partial charge < -0.3 is 14.2 Å². The van der Waals surface area contributed by atoms with Gasteiger partial charge >= 0.3 is 11.9 Å². The zero-order chi connectivity index (χ0) is 32.1. The SMILES string of the molecule is CC1CCC([C@@H](C)[C@H]2C(OC(=O)c3ccccc3)C[C@H]3[C@@H]4CCC5CC(OC(=O)c6ccccc6)CC[C@]5(C)[C@H]4CC[C@]23C)OC1. The summed E-state index contributed by atoms with van der Waals surface area (Å²) < 4.78 is 19.2. The molecule has 5 aliphatic rings. The van der Waals surface area contributed by atoms with Crippen molar-refractivity contribution < 1.29 is 23.8 Å². The van der Waals surface area contributed by atoms with Crippen molar-refractivity contribution in [3.05, 3.63) is 71.8 Å². The molecule has 0 radical (unpaired) electrons. The van der Waals surface area contributed by atoms with Gasteiger partial charge in [-0.3, -0.25) is 0 Å². The molecular formula is C41H54O5. The number of hydrogen-bond donors (Lipinski definition) is 0. The van der Waals surface area contributed by atoms with Gasteiger partial charge in [-0.15, -0.1) is 0 Å². The van der Waals surface area contributed by atoms with Crippen LogP contribution < -0.4 is 0 Å². The Morgan fingerprint density at radius 2 is 1.41 bits per heavy atom. The highest BCUT2D eigenvalue weighted by atomic mass is 16.5. The normalized spacial score (nSPS) is 40.9. The predicted octanol–water partition coefficient (Wildman–Crippen LogP) is 9.16. The molecule has 7 rings (SSSR count). The number of fused-ring (bicyclic) bond motifs is 5. The van der Waals surface area contributed by atoms with Crippen LogP contribution in [0, 0.1) is 52.3 Å². The third-order valence-electron chi connectivity index (χ3n) is 13.9. The van der Waals surface area contributed by atoms with E-state index in [1.165, 1.54) is 32.1 Å². The van der Waals surface area contributed by atoms with Crippen molar-refractivity contribution in [1.82, 2.24) is 0 Å². The van der Waals surface area contributed by atoms with E-state index in [-0.39, 0.29) is 41.1 Å². The van der Waals surface area contributed by atoms with E-state index in [0.29, 0.717) is 52.6 Å². The van der Waals surface area contributed by atoms with Crippen LogP contribution in [0.2, 0.25) is 0 Å². The van der Waals surface area contributed by atoms with E-state index < -0.39 is 0 Å². The number of carbonyl (C=O) groups is 2. The van der Waals surface area contributed by atoms with E-state index in [9.17, 15) is 9.59 Å². The van der Waals surface area contributed by atoms with Gasteiger partial charge in [0.05, 0.1) is 17.2 Å². The van der Waals surface area contributed by atoms with Gasteiger partial charge in [-0.05, 0) is 135 Å². The lowest BCUT2D eigenvalue weighted by Crippen LogP contribution is -2.55. The second-order valence-corrected chi connectivity index (χ2v) is 16.4. The molecule has 5 fully saturated rings. The fourth-order valence-electron chi connectivity index (χ4n) is 11.5. The van der Waals surface area contributed by atoms with E-state index in [0.717, 1.165) is 38.7 Å². The molecule has 0 bridgehead atoms. The molecule has 248 valence electrons. The Labute approximate surface area is 276 Å². The zero-order valence-corrected chi connectivity index (χ0v) is 28.4. The molecule has 4 aliphatic carbocycles. The summed E-state index contributed by atoms with van der Waals surface area (Å²) in [7, 11) is 0. The van der Waals surface area contributed by atoms with Crippen LogP contribution >= 0.6 is 0 Å². The van der Waals surface area contributed by atoms with Crippen molar-refractivity contribution in [3.63, 3.8) is 0 Å². The molecule has 5 heteroatoms. The Kier molecular flexibility index (Phi) is 8.84. The van der Waals surface area contributed by atoms with E-state index in [4.69, 9.17) is 14.2 Å². The van der Waals surface area contributed by atoms with Crippen molar-refractivity contribution in [2.45, 2.75) is 110 Å². The highest BCUT2D eigenvalue weighted by Crippen LogP contribution is 2.69. The Morgan fingerprint density at radius 1 is 0.761 bits per heavy atom. The number of rotatable bonds is 6. The third-order valence-corrected chi connectivity index (χ3v) is 13.9. The van der Waals surface area contributed by atoms with Crippen LogP contribution in [0.5, 0.6) is 0 Å². The van der Waals surface area contributed by atoms with Gasteiger partial charge in [0, 0.05) is 12.5 Å². The highest BCUT2D eigenvalue weighted by Gasteiger charge is 2.64. The van der Waals surface area contributed by atoms with Gasteiger partial charge in [0.1, 0.15) is 12.2 Å². The van der Waals surface area contributed by atoms with Gasteiger partial charge in [-0.25, -0.2) is 9.59 Å². The molecular weight excluding hydrogens is 572 g/mol. The number of carbonyl (C=O) groups excluding carboxylic acids is 2. The molecule has 0 spiro atoms. The van der Waals surface area contributed by atoms with Crippen molar-refractivity contribution >= 4 is 11.9 Å². The molecule has 5 unspecified atom stereocenters. The van der Waals surface area contributed by atoms with E-state index in [2.05, 4.69) is 27.7 Å². The first-order valence-corrected chi connectivity index (χ1v) is 18.3. The summed E-state index contributed by atoms with van der Waals surface area (Å²) >= 11 is 0. The summed E-state index contributed by atoms with van der Waals surface area (Å²) in [5.74, 6) is 3.32. The number of esters is 2. The molecule has 12 atom stereocenters. The van der Waals surface area contributed by atoms with Crippen LogP contribution in [-0.4, -0.2) is 36.9 Å². The smallest absolute Gasteiger partial charge is 0.338 e. The molecule has 2 aromatic carbocycles. The summed E-state index contributed by atoms with van der Waals surface area (Å²) in [6, 6.07) is 19.0. The molecule has 1 saturated heterocycles. The van der Waals surface area contributed by atoms with E-state index >= 15 is 0 Å². The molecule has 2 aromatic rings. The highest BCUT2D eigenvalue weighted by molar-refractivity contribution is 5.89. The zero-order valence-electron chi connectivity index (χ0n) is 28.4. The average Bonchev–Trinajstić information content (AvgIpc) is 3.37. The minimum Gasteiger partial charge on any atom is -0.459 e. The lowest BCUT2D eigenvalue weighted by atomic mass is 9.44. The van der Waals surface area contributed by atoms with Crippen molar-refractivity contribution in [1.29, 1.82) is 0 Å². The fraction of sp³-hybridized carbons (Fsp3) is 0.659. The summed E-state index contributed by atoms with van der Waals surface area (Å²) in [5.41, 5.74) is 1.68. The Hall–Kier alpha value is -2.66. The van der Waals surface area contributed by atoms with Crippen LogP contribution in [0.4, 0.5) is 0 Å². The largest absolute Gasteiger partial charge is 0.459 e. The van der Waals surface area contributed by atoms with Gasteiger partial charge in [0.25, 0.3) is 0 Å². The summed E-state index contributed by atoms with van der Waals surface area (Å²) in [6.07, 6.45) is 11.3. The average molecular weight is 627 g/mol. The van der Waals surface area contributed by atoms with Crippen LogP contribution in [0.1, 0.15) is 113 Å². The fourth-order valence-corrected chi connectivity index (χ4v) is 11.5. The van der Waals surface area contributed by atoms with Gasteiger partial charge in [0.15, 0.2) is 0 Å². The second-order valence-electron chi connectivity index (χ2n) is 16.4. The number of hydrogen-bond acceptors (Lipinski definition) is 5. The third kappa shape index (κ3) is 5.73. The molecule has 1 aliphatic heterocycles. The topological polar surface area (TPSA) is 61.8 Å². The van der Waals surface area contributed by atoms with Crippen molar-refractivity contribution in [3.8, 4) is 0 Å². The molecule has 46 heavy (non-hydrogen) atoms. The number of benzene rings is 2. The molecule has 0 amide bonds. The minimum atomic E-state index is -0.185. The lowest BCUT2D eigenvalue weighted by Gasteiger charge is -2.61.